The molecule has 2 N–H and O–H groups in total. The third kappa shape index (κ3) is 4.07. The number of aromatic nitrogens is 1. The summed E-state index contributed by atoms with van der Waals surface area (Å²) in [4.78, 5) is 26.4. The van der Waals surface area contributed by atoms with E-state index in [4.69, 9.17) is 21.1 Å². The number of carbonyl (C=O) groups excluding carboxylic acids is 1. The molecule has 20 heavy (non-hydrogen) atoms. The van der Waals surface area contributed by atoms with Crippen molar-refractivity contribution in [2.45, 2.75) is 19.3 Å². The van der Waals surface area contributed by atoms with Gasteiger partial charge in [0.25, 0.3) is 5.91 Å². The SMILES string of the molecule is O=C(O)CCCc1csc(NC(=O)c2ccc(Cl)o2)n1. The number of carboxylic acids is 1. The third-order valence-electron chi connectivity index (χ3n) is 2.39. The van der Waals surface area contributed by atoms with E-state index in [1.54, 1.807) is 5.38 Å². The monoisotopic (exact) mass is 314 g/mol. The Morgan fingerprint density at radius 2 is 2.25 bits per heavy atom. The van der Waals surface area contributed by atoms with Crippen LogP contribution in [0.3, 0.4) is 0 Å². The van der Waals surface area contributed by atoms with Crippen LogP contribution in [0.25, 0.3) is 0 Å². The van der Waals surface area contributed by atoms with Crippen LogP contribution in [0.4, 0.5) is 5.13 Å². The third-order valence-corrected chi connectivity index (χ3v) is 3.40. The van der Waals surface area contributed by atoms with Gasteiger partial charge in [-0.25, -0.2) is 4.98 Å². The molecule has 0 fully saturated rings. The fraction of sp³-hybridized carbons (Fsp3) is 0.250. The number of furan rings is 1. The van der Waals surface area contributed by atoms with Crippen molar-refractivity contribution in [3.05, 3.63) is 34.2 Å². The Morgan fingerprint density at radius 1 is 1.45 bits per heavy atom. The van der Waals surface area contributed by atoms with Gasteiger partial charge in [-0.1, -0.05) is 0 Å². The first-order chi connectivity index (χ1) is 9.54. The topological polar surface area (TPSA) is 92.4 Å². The molecule has 2 aromatic heterocycles. The van der Waals surface area contributed by atoms with Crippen LogP contribution >= 0.6 is 22.9 Å². The summed E-state index contributed by atoms with van der Waals surface area (Å²) in [5.41, 5.74) is 0.754. The van der Waals surface area contributed by atoms with Crippen LogP contribution in [0.2, 0.25) is 5.22 Å². The molecule has 0 radical (unpaired) electrons. The molecule has 0 bridgehead atoms. The Morgan fingerprint density at radius 3 is 2.90 bits per heavy atom. The fourth-order valence-corrected chi connectivity index (χ4v) is 2.38. The van der Waals surface area contributed by atoms with Gasteiger partial charge in [0.15, 0.2) is 16.1 Å². The second kappa shape index (κ2) is 6.53. The second-order valence-corrected chi connectivity index (χ2v) is 5.18. The predicted molar refractivity (Wildman–Crippen MR) is 74.4 cm³/mol. The first kappa shape index (κ1) is 14.5. The molecule has 2 rings (SSSR count). The lowest BCUT2D eigenvalue weighted by Gasteiger charge is -1.97. The normalized spacial score (nSPS) is 10.4. The van der Waals surface area contributed by atoms with E-state index in [-0.39, 0.29) is 17.4 Å². The van der Waals surface area contributed by atoms with Crippen molar-refractivity contribution in [2.75, 3.05) is 5.32 Å². The largest absolute Gasteiger partial charge is 0.481 e. The van der Waals surface area contributed by atoms with Crippen LogP contribution < -0.4 is 5.32 Å². The standard InChI is InChI=1S/C12H11ClN2O4S/c13-9-5-4-8(19-9)11(18)15-12-14-7(6-20-12)2-1-3-10(16)17/h4-6H,1-3H2,(H,16,17)(H,14,15,18). The smallest absolute Gasteiger partial charge is 0.303 e. The number of aryl methyl sites for hydroxylation is 1. The van der Waals surface area contributed by atoms with Crippen molar-refractivity contribution < 1.29 is 19.1 Å². The molecule has 2 heterocycles. The van der Waals surface area contributed by atoms with Crippen LogP contribution in [0.5, 0.6) is 0 Å². The van der Waals surface area contributed by atoms with E-state index in [0.29, 0.717) is 18.0 Å². The van der Waals surface area contributed by atoms with Gasteiger partial charge >= 0.3 is 5.97 Å². The highest BCUT2D eigenvalue weighted by molar-refractivity contribution is 7.13. The minimum absolute atomic E-state index is 0.101. The number of aliphatic carboxylic acids is 1. The number of amides is 1. The molecule has 106 valence electrons. The van der Waals surface area contributed by atoms with Crippen LogP contribution in [-0.2, 0) is 11.2 Å². The average molecular weight is 315 g/mol. The van der Waals surface area contributed by atoms with E-state index >= 15 is 0 Å². The summed E-state index contributed by atoms with van der Waals surface area (Å²) in [6, 6.07) is 2.95. The molecule has 0 unspecified atom stereocenters. The first-order valence-corrected chi connectivity index (χ1v) is 7.03. The molecule has 0 spiro atoms. The highest BCUT2D eigenvalue weighted by atomic mass is 35.5. The zero-order valence-electron chi connectivity index (χ0n) is 10.3. The number of hydrogen-bond donors (Lipinski definition) is 2. The number of carboxylic acid groups (broad SMARTS) is 1. The van der Waals surface area contributed by atoms with E-state index in [9.17, 15) is 9.59 Å². The molecule has 0 atom stereocenters. The maximum absolute atomic E-state index is 11.8. The number of rotatable bonds is 6. The molecule has 0 saturated carbocycles. The summed E-state index contributed by atoms with van der Waals surface area (Å²) in [5, 5.41) is 13.5. The lowest BCUT2D eigenvalue weighted by molar-refractivity contribution is -0.137. The molecule has 0 aliphatic heterocycles. The molecule has 0 aliphatic carbocycles. The Hall–Kier alpha value is -1.86. The van der Waals surface area contributed by atoms with Crippen LogP contribution in [0.1, 0.15) is 29.1 Å². The average Bonchev–Trinajstić information content (AvgIpc) is 2.98. The first-order valence-electron chi connectivity index (χ1n) is 5.77. The van der Waals surface area contributed by atoms with Crippen molar-refractivity contribution in [3.8, 4) is 0 Å². The quantitative estimate of drug-likeness (QED) is 0.855. The molecule has 2 aromatic rings. The molecule has 0 aromatic carbocycles. The Balaban J connectivity index is 1.89. The zero-order valence-corrected chi connectivity index (χ0v) is 11.8. The number of halogens is 1. The van der Waals surface area contributed by atoms with E-state index < -0.39 is 11.9 Å². The second-order valence-electron chi connectivity index (χ2n) is 3.95. The maximum Gasteiger partial charge on any atom is 0.303 e. The van der Waals surface area contributed by atoms with Crippen molar-refractivity contribution in [1.29, 1.82) is 0 Å². The zero-order chi connectivity index (χ0) is 14.5. The van der Waals surface area contributed by atoms with Gasteiger partial charge < -0.3 is 9.52 Å². The molecule has 0 saturated heterocycles. The Bertz CT molecular complexity index is 623. The molecule has 1 amide bonds. The van der Waals surface area contributed by atoms with Crippen molar-refractivity contribution in [2.24, 2.45) is 0 Å². The minimum Gasteiger partial charge on any atom is -0.481 e. The van der Waals surface area contributed by atoms with Crippen LogP contribution in [0.15, 0.2) is 21.9 Å². The van der Waals surface area contributed by atoms with Crippen molar-refractivity contribution in [3.63, 3.8) is 0 Å². The minimum atomic E-state index is -0.830. The molecule has 8 heteroatoms. The van der Waals surface area contributed by atoms with Gasteiger partial charge in [-0.05, 0) is 36.6 Å². The highest BCUT2D eigenvalue weighted by Crippen LogP contribution is 2.19. The van der Waals surface area contributed by atoms with E-state index in [1.807, 2.05) is 0 Å². The van der Waals surface area contributed by atoms with E-state index in [1.165, 1.54) is 23.5 Å². The summed E-state index contributed by atoms with van der Waals surface area (Å²) >= 11 is 6.86. The summed E-state index contributed by atoms with van der Waals surface area (Å²) < 4.78 is 4.98. The predicted octanol–water partition coefficient (Wildman–Crippen LogP) is 3.05. The van der Waals surface area contributed by atoms with Gasteiger partial charge in [0.05, 0.1) is 5.69 Å². The Kier molecular flexibility index (Phi) is 4.75. The van der Waals surface area contributed by atoms with Crippen LogP contribution in [-0.4, -0.2) is 22.0 Å². The van der Waals surface area contributed by atoms with Gasteiger partial charge in [-0.15, -0.1) is 11.3 Å². The van der Waals surface area contributed by atoms with Gasteiger partial charge in [-0.2, -0.15) is 0 Å². The van der Waals surface area contributed by atoms with Gasteiger partial charge in [-0.3, -0.25) is 14.9 Å². The molecule has 6 nitrogen and oxygen atoms in total. The fourth-order valence-electron chi connectivity index (χ4n) is 1.49. The number of carbonyl (C=O) groups is 2. The van der Waals surface area contributed by atoms with Crippen molar-refractivity contribution in [1.82, 2.24) is 4.98 Å². The van der Waals surface area contributed by atoms with E-state index in [0.717, 1.165) is 5.69 Å². The summed E-state index contributed by atoms with van der Waals surface area (Å²) in [7, 11) is 0. The lowest BCUT2D eigenvalue weighted by atomic mass is 10.2. The summed E-state index contributed by atoms with van der Waals surface area (Å²) in [6.07, 6.45) is 1.18. The number of hydrogen-bond acceptors (Lipinski definition) is 5. The van der Waals surface area contributed by atoms with Gasteiger partial charge in [0.2, 0.25) is 0 Å². The van der Waals surface area contributed by atoms with Crippen molar-refractivity contribution >= 4 is 39.9 Å². The van der Waals surface area contributed by atoms with Gasteiger partial charge in [0.1, 0.15) is 0 Å². The lowest BCUT2D eigenvalue weighted by Crippen LogP contribution is -2.10. The molecular weight excluding hydrogens is 304 g/mol. The number of nitrogens with zero attached hydrogens (tertiary/aromatic N) is 1. The Labute approximate surface area is 123 Å². The summed E-state index contributed by atoms with van der Waals surface area (Å²) in [5.74, 6) is -1.15. The molecular formula is C12H11ClN2O4S. The van der Waals surface area contributed by atoms with Crippen LogP contribution in [0, 0.1) is 0 Å². The number of nitrogens with one attached hydrogen (secondary N) is 1. The molecule has 0 aliphatic rings. The maximum atomic E-state index is 11.8. The summed E-state index contributed by atoms with van der Waals surface area (Å²) in [6.45, 7) is 0. The highest BCUT2D eigenvalue weighted by Gasteiger charge is 2.13. The van der Waals surface area contributed by atoms with Gasteiger partial charge in [0, 0.05) is 11.8 Å². The number of thiazole rings is 1. The van der Waals surface area contributed by atoms with E-state index in [2.05, 4.69) is 10.3 Å². The number of anilines is 1.